The van der Waals surface area contributed by atoms with Crippen molar-refractivity contribution in [3.8, 4) is 0 Å². The minimum atomic E-state index is -1.14. The number of nitrogens with zero attached hydrogens (tertiary/aromatic N) is 2. The summed E-state index contributed by atoms with van der Waals surface area (Å²) in [6.07, 6.45) is 2.30. The molecular formula is C19H22N2O3. The minimum absolute atomic E-state index is 0.159. The lowest BCUT2D eigenvalue weighted by atomic mass is 9.84. The van der Waals surface area contributed by atoms with Gasteiger partial charge in [-0.15, -0.1) is 0 Å². The molecule has 5 heteroatoms. The molecule has 1 aromatic carbocycles. The Kier molecular flexibility index (Phi) is 4.18. The van der Waals surface area contributed by atoms with Crippen LogP contribution in [0.4, 0.5) is 0 Å². The zero-order chi connectivity index (χ0) is 17.4. The molecule has 126 valence electrons. The Morgan fingerprint density at radius 2 is 2.08 bits per heavy atom. The first-order chi connectivity index (χ1) is 11.3. The molecule has 2 aromatic rings. The van der Waals surface area contributed by atoms with Crippen LogP contribution in [0.1, 0.15) is 39.2 Å². The monoisotopic (exact) mass is 326 g/mol. The highest BCUT2D eigenvalue weighted by Gasteiger charge is 2.39. The van der Waals surface area contributed by atoms with Gasteiger partial charge in [-0.05, 0) is 32.9 Å². The lowest BCUT2D eigenvalue weighted by Gasteiger charge is -2.41. The van der Waals surface area contributed by atoms with Gasteiger partial charge < -0.3 is 5.11 Å². The molecule has 1 aromatic heterocycles. The summed E-state index contributed by atoms with van der Waals surface area (Å²) in [5.74, 6) is 1.93. The van der Waals surface area contributed by atoms with Crippen LogP contribution in [0.15, 0.2) is 42.2 Å². The third-order valence-corrected chi connectivity index (χ3v) is 4.12. The molecule has 1 saturated heterocycles. The quantitative estimate of drug-likeness (QED) is 0.860. The fourth-order valence-electron chi connectivity index (χ4n) is 2.97. The molecule has 5 nitrogen and oxygen atoms in total. The molecule has 24 heavy (non-hydrogen) atoms. The number of carbonyl (C=O) groups excluding carboxylic acids is 1. The van der Waals surface area contributed by atoms with E-state index in [1.54, 1.807) is 11.3 Å². The maximum atomic E-state index is 11.4. The zero-order valence-electron chi connectivity index (χ0n) is 14.2. The molecular weight excluding hydrogens is 304 g/mol. The van der Waals surface area contributed by atoms with E-state index in [0.29, 0.717) is 24.2 Å². The maximum absolute atomic E-state index is 11.4. The summed E-state index contributed by atoms with van der Waals surface area (Å²) < 4.78 is 0. The molecule has 0 spiro atoms. The third-order valence-electron chi connectivity index (χ3n) is 4.12. The van der Waals surface area contributed by atoms with Crippen LogP contribution in [-0.4, -0.2) is 33.2 Å². The van der Waals surface area contributed by atoms with Crippen LogP contribution in [0.5, 0.6) is 0 Å². The largest absolute Gasteiger partial charge is 0.385 e. The van der Waals surface area contributed by atoms with Crippen LogP contribution in [0.3, 0.4) is 0 Å². The second-order valence-corrected chi connectivity index (χ2v) is 7.23. The van der Waals surface area contributed by atoms with Crippen LogP contribution in [0.25, 0.3) is 10.9 Å². The number of piperidine rings is 1. The van der Waals surface area contributed by atoms with Crippen molar-refractivity contribution in [2.75, 3.05) is 6.54 Å². The van der Waals surface area contributed by atoms with Gasteiger partial charge in [-0.25, -0.2) is 9.86 Å². The summed E-state index contributed by atoms with van der Waals surface area (Å²) in [5.41, 5.74) is 0.365. The fraction of sp³-hybridized carbons (Fsp3) is 0.421. The van der Waals surface area contributed by atoms with Crippen LogP contribution in [0.2, 0.25) is 0 Å². The van der Waals surface area contributed by atoms with Gasteiger partial charge in [-0.3, -0.25) is 9.82 Å². The normalized spacial score (nSPS) is 21.8. The van der Waals surface area contributed by atoms with Crippen LogP contribution >= 0.6 is 0 Å². The number of hydrogen-bond donors (Lipinski definition) is 1. The van der Waals surface area contributed by atoms with E-state index in [-0.39, 0.29) is 6.42 Å². The Balaban J connectivity index is 1.89. The lowest BCUT2D eigenvalue weighted by Crippen LogP contribution is -2.44. The van der Waals surface area contributed by atoms with Crippen molar-refractivity contribution in [2.24, 2.45) is 0 Å². The number of hydroxylamine groups is 2. The van der Waals surface area contributed by atoms with E-state index in [1.807, 2.05) is 57.0 Å². The molecule has 0 aliphatic carbocycles. The lowest BCUT2D eigenvalue weighted by molar-refractivity contribution is -0.226. The van der Waals surface area contributed by atoms with Gasteiger partial charge in [-0.2, -0.15) is 0 Å². The number of hydrogen-bond acceptors (Lipinski definition) is 5. The van der Waals surface area contributed by atoms with Crippen LogP contribution in [0, 0.1) is 0 Å². The first-order valence-corrected chi connectivity index (χ1v) is 8.09. The molecule has 1 aliphatic rings. The Labute approximate surface area is 141 Å². The Morgan fingerprint density at radius 3 is 2.79 bits per heavy atom. The molecule has 1 N–H and O–H groups in total. The SMILES string of the molecule is CC(C)(C)ON1CCC(O)(c2cnc3ccccc3c2)CC1=C=O. The Morgan fingerprint density at radius 1 is 1.33 bits per heavy atom. The molecule has 0 bridgehead atoms. The highest BCUT2D eigenvalue weighted by atomic mass is 16.7. The number of fused-ring (bicyclic) bond motifs is 1. The third kappa shape index (κ3) is 3.34. The van der Waals surface area contributed by atoms with Gasteiger partial charge >= 0.3 is 0 Å². The smallest absolute Gasteiger partial charge is 0.148 e. The molecule has 0 radical (unpaired) electrons. The summed E-state index contributed by atoms with van der Waals surface area (Å²) in [7, 11) is 0. The molecule has 1 unspecified atom stereocenters. The second-order valence-electron chi connectivity index (χ2n) is 7.23. The number of rotatable bonds is 2. The Bertz CT molecular complexity index is 806. The molecule has 1 fully saturated rings. The van der Waals surface area contributed by atoms with Crippen LogP contribution < -0.4 is 0 Å². The Hall–Kier alpha value is -2.20. The summed E-state index contributed by atoms with van der Waals surface area (Å²) in [5, 5.41) is 13.6. The van der Waals surface area contributed by atoms with Crippen molar-refractivity contribution >= 4 is 16.8 Å². The summed E-state index contributed by atoms with van der Waals surface area (Å²) in [4.78, 5) is 21.6. The number of para-hydroxylation sites is 1. The van der Waals surface area contributed by atoms with Gasteiger partial charge in [-0.1, -0.05) is 18.2 Å². The van der Waals surface area contributed by atoms with E-state index in [1.165, 1.54) is 0 Å². The summed E-state index contributed by atoms with van der Waals surface area (Å²) in [6.45, 7) is 6.18. The van der Waals surface area contributed by atoms with Gasteiger partial charge in [0.15, 0.2) is 0 Å². The predicted molar refractivity (Wildman–Crippen MR) is 91.6 cm³/mol. The number of benzene rings is 1. The van der Waals surface area contributed by atoms with Gasteiger partial charge in [0.25, 0.3) is 0 Å². The van der Waals surface area contributed by atoms with Gasteiger partial charge in [0.1, 0.15) is 11.6 Å². The van der Waals surface area contributed by atoms with Crippen molar-refractivity contribution in [3.05, 3.63) is 47.8 Å². The second kappa shape index (κ2) is 6.02. The summed E-state index contributed by atoms with van der Waals surface area (Å²) >= 11 is 0. The number of pyridine rings is 1. The van der Waals surface area contributed by atoms with Gasteiger partial charge in [0.05, 0.1) is 16.7 Å². The first-order valence-electron chi connectivity index (χ1n) is 8.09. The van der Waals surface area contributed by atoms with E-state index < -0.39 is 11.2 Å². The van der Waals surface area contributed by atoms with Crippen molar-refractivity contribution in [3.63, 3.8) is 0 Å². The van der Waals surface area contributed by atoms with Gasteiger partial charge in [0, 0.05) is 36.5 Å². The maximum Gasteiger partial charge on any atom is 0.148 e. The van der Waals surface area contributed by atoms with E-state index in [0.717, 1.165) is 10.9 Å². The highest BCUT2D eigenvalue weighted by Crippen LogP contribution is 2.38. The van der Waals surface area contributed by atoms with Crippen molar-refractivity contribution < 1.29 is 14.7 Å². The molecule has 3 rings (SSSR count). The molecule has 0 saturated carbocycles. The van der Waals surface area contributed by atoms with Crippen LogP contribution in [-0.2, 0) is 15.2 Å². The van der Waals surface area contributed by atoms with E-state index in [4.69, 9.17) is 4.84 Å². The first kappa shape index (κ1) is 16.7. The van der Waals surface area contributed by atoms with Crippen molar-refractivity contribution in [1.82, 2.24) is 10.0 Å². The molecule has 2 heterocycles. The van der Waals surface area contributed by atoms with E-state index in [2.05, 4.69) is 4.98 Å². The summed E-state index contributed by atoms with van der Waals surface area (Å²) in [6, 6.07) is 9.70. The zero-order valence-corrected chi connectivity index (χ0v) is 14.2. The topological polar surface area (TPSA) is 62.7 Å². The van der Waals surface area contributed by atoms with E-state index in [9.17, 15) is 9.90 Å². The molecule has 0 amide bonds. The van der Waals surface area contributed by atoms with Crippen molar-refractivity contribution in [1.29, 1.82) is 0 Å². The minimum Gasteiger partial charge on any atom is -0.385 e. The average Bonchev–Trinajstić information content (AvgIpc) is 2.55. The van der Waals surface area contributed by atoms with Gasteiger partial charge in [0.2, 0.25) is 0 Å². The number of aliphatic hydroxyl groups is 1. The van der Waals surface area contributed by atoms with Crippen molar-refractivity contribution in [2.45, 2.75) is 44.8 Å². The van der Waals surface area contributed by atoms with E-state index >= 15 is 0 Å². The number of aromatic nitrogens is 1. The highest BCUT2D eigenvalue weighted by molar-refractivity contribution is 5.79. The fourth-order valence-corrected chi connectivity index (χ4v) is 2.97. The molecule has 1 atom stereocenters. The predicted octanol–water partition coefficient (Wildman–Crippen LogP) is 2.96. The average molecular weight is 326 g/mol. The standard InChI is InChI=1S/C19H22N2O3/c1-18(2,3)24-21-9-8-19(23,11-16(21)13-22)15-10-14-6-4-5-7-17(14)20-12-15/h4-7,10,12,23H,8-9,11H2,1-3H3. The molecule has 1 aliphatic heterocycles.